The van der Waals surface area contributed by atoms with Crippen LogP contribution in [-0.4, -0.2) is 15.0 Å². The molecule has 6 nitrogen and oxygen atoms in total. The second kappa shape index (κ2) is 8.83. The van der Waals surface area contributed by atoms with Gasteiger partial charge in [0.05, 0.1) is 10.9 Å². The van der Waals surface area contributed by atoms with Gasteiger partial charge in [0.25, 0.3) is 5.56 Å². The van der Waals surface area contributed by atoms with Crippen LogP contribution in [0.1, 0.15) is 49.3 Å². The van der Waals surface area contributed by atoms with Crippen LogP contribution in [0.2, 0.25) is 0 Å². The molecule has 1 saturated carbocycles. The molecule has 0 saturated heterocycles. The number of amides is 1. The molecule has 1 fully saturated rings. The predicted octanol–water partition coefficient (Wildman–Crippen LogP) is 4.69. The van der Waals surface area contributed by atoms with Crippen molar-refractivity contribution in [2.24, 2.45) is 0 Å². The molecule has 2 aromatic carbocycles. The number of hydrogen-bond acceptors (Lipinski definition) is 3. The number of aromatic nitrogens is 2. The first-order valence-electron chi connectivity index (χ1n) is 10.7. The van der Waals surface area contributed by atoms with Crippen molar-refractivity contribution in [3.05, 3.63) is 72.8 Å². The fourth-order valence-electron chi connectivity index (χ4n) is 4.34. The summed E-state index contributed by atoms with van der Waals surface area (Å²) in [7, 11) is 0. The molecule has 1 aromatic heterocycles. The van der Waals surface area contributed by atoms with Crippen LogP contribution in [-0.2, 0) is 11.3 Å². The van der Waals surface area contributed by atoms with Crippen molar-refractivity contribution in [3.8, 4) is 0 Å². The van der Waals surface area contributed by atoms with Crippen molar-refractivity contribution in [2.45, 2.75) is 58.5 Å². The maximum Gasteiger partial charge on any atom is 0.332 e. The van der Waals surface area contributed by atoms with Crippen molar-refractivity contribution in [1.29, 1.82) is 0 Å². The fraction of sp³-hybridized carbons (Fsp3) is 0.375. The van der Waals surface area contributed by atoms with Gasteiger partial charge in [0.2, 0.25) is 5.91 Å². The van der Waals surface area contributed by atoms with E-state index in [4.69, 9.17) is 0 Å². The number of benzene rings is 2. The minimum absolute atomic E-state index is 0.119. The molecule has 0 aliphatic heterocycles. The summed E-state index contributed by atoms with van der Waals surface area (Å²) in [5.74, 6) is -0.302. The van der Waals surface area contributed by atoms with E-state index in [0.29, 0.717) is 16.6 Å². The molecule has 1 aliphatic carbocycles. The van der Waals surface area contributed by atoms with E-state index in [9.17, 15) is 14.4 Å². The number of anilines is 1. The van der Waals surface area contributed by atoms with E-state index < -0.39 is 5.69 Å². The normalized spacial score (nSPS) is 14.7. The van der Waals surface area contributed by atoms with Crippen molar-refractivity contribution in [1.82, 2.24) is 9.13 Å². The lowest BCUT2D eigenvalue weighted by atomic mass is 9.95. The van der Waals surface area contributed by atoms with Gasteiger partial charge in [0.15, 0.2) is 0 Å². The quantitative estimate of drug-likeness (QED) is 0.584. The molecule has 1 aliphatic rings. The lowest BCUT2D eigenvalue weighted by Gasteiger charge is -2.24. The Kier molecular flexibility index (Phi) is 6.14. The Labute approximate surface area is 189 Å². The summed E-state index contributed by atoms with van der Waals surface area (Å²) in [4.78, 5) is 39.5. The Morgan fingerprint density at radius 3 is 2.48 bits per heavy atom. The molecule has 0 spiro atoms. The van der Waals surface area contributed by atoms with E-state index >= 15 is 0 Å². The van der Waals surface area contributed by atoms with E-state index in [1.165, 1.54) is 9.13 Å². The third-order valence-corrected chi connectivity index (χ3v) is 6.66. The summed E-state index contributed by atoms with van der Waals surface area (Å²) < 4.78 is 3.56. The molecule has 31 heavy (non-hydrogen) atoms. The van der Waals surface area contributed by atoms with Gasteiger partial charge >= 0.3 is 5.69 Å². The largest absolute Gasteiger partial charge is 0.332 e. The minimum atomic E-state index is -0.415. The second-order valence-corrected chi connectivity index (χ2v) is 9.26. The number of hydrogen-bond donors (Lipinski definition) is 1. The number of carbonyl (C=O) groups is 1. The van der Waals surface area contributed by atoms with Gasteiger partial charge in [-0.2, -0.15) is 0 Å². The zero-order chi connectivity index (χ0) is 22.1. The number of rotatable bonds is 4. The fourth-order valence-corrected chi connectivity index (χ4v) is 4.70. The van der Waals surface area contributed by atoms with Crippen molar-refractivity contribution >= 4 is 38.4 Å². The highest BCUT2D eigenvalue weighted by Gasteiger charge is 2.23. The number of nitrogens with zero attached hydrogens (tertiary/aromatic N) is 2. The van der Waals surface area contributed by atoms with E-state index in [2.05, 4.69) is 21.2 Å². The molecular weight excluding hydrogens is 458 g/mol. The number of halogens is 1. The third kappa shape index (κ3) is 4.37. The molecule has 1 heterocycles. The van der Waals surface area contributed by atoms with Gasteiger partial charge in [0, 0.05) is 16.2 Å². The number of fused-ring (bicyclic) bond motifs is 1. The van der Waals surface area contributed by atoms with Crippen LogP contribution >= 0.6 is 15.9 Å². The smallest absolute Gasteiger partial charge is 0.325 e. The summed E-state index contributed by atoms with van der Waals surface area (Å²) in [5.41, 5.74) is 2.69. The summed E-state index contributed by atoms with van der Waals surface area (Å²) in [5, 5.41) is 3.32. The standard InChI is InChI=1S/C24H26BrN3O3/c1-15-8-10-18(12-16(15)2)26-22(29)14-27-21-11-9-17(25)13-20(21)23(30)28(24(27)31)19-6-4-3-5-7-19/h8-13,19H,3-7,14H2,1-2H3,(H,26,29). The predicted molar refractivity (Wildman–Crippen MR) is 127 cm³/mol. The van der Waals surface area contributed by atoms with Crippen molar-refractivity contribution in [3.63, 3.8) is 0 Å². The minimum Gasteiger partial charge on any atom is -0.325 e. The molecule has 0 atom stereocenters. The van der Waals surface area contributed by atoms with Gasteiger partial charge in [-0.1, -0.05) is 41.3 Å². The van der Waals surface area contributed by atoms with Gasteiger partial charge in [-0.25, -0.2) is 4.79 Å². The Balaban J connectivity index is 1.76. The Hall–Kier alpha value is -2.67. The maximum absolute atomic E-state index is 13.4. The number of carbonyl (C=O) groups excluding carboxylic acids is 1. The first kappa shape index (κ1) is 21.6. The Morgan fingerprint density at radius 1 is 1.03 bits per heavy atom. The molecule has 1 N–H and O–H groups in total. The average molecular weight is 484 g/mol. The summed E-state index contributed by atoms with van der Waals surface area (Å²) in [6.07, 6.45) is 4.74. The van der Waals surface area contributed by atoms with Gasteiger partial charge < -0.3 is 5.32 Å². The zero-order valence-electron chi connectivity index (χ0n) is 17.8. The number of nitrogens with one attached hydrogen (secondary N) is 1. The first-order chi connectivity index (χ1) is 14.8. The van der Waals surface area contributed by atoms with Gasteiger partial charge in [-0.3, -0.25) is 18.7 Å². The van der Waals surface area contributed by atoms with Crippen LogP contribution in [0.15, 0.2) is 50.5 Å². The topological polar surface area (TPSA) is 73.1 Å². The van der Waals surface area contributed by atoms with Gasteiger partial charge in [-0.15, -0.1) is 0 Å². The van der Waals surface area contributed by atoms with Crippen LogP contribution in [0, 0.1) is 13.8 Å². The molecule has 0 unspecified atom stereocenters. The molecule has 162 valence electrons. The maximum atomic E-state index is 13.4. The van der Waals surface area contributed by atoms with Crippen LogP contribution in [0.3, 0.4) is 0 Å². The highest BCUT2D eigenvalue weighted by Crippen LogP contribution is 2.27. The highest BCUT2D eigenvalue weighted by molar-refractivity contribution is 9.10. The third-order valence-electron chi connectivity index (χ3n) is 6.17. The lowest BCUT2D eigenvalue weighted by molar-refractivity contribution is -0.116. The van der Waals surface area contributed by atoms with Crippen LogP contribution in [0.25, 0.3) is 10.9 Å². The highest BCUT2D eigenvalue weighted by atomic mass is 79.9. The van der Waals surface area contributed by atoms with E-state index in [1.807, 2.05) is 32.0 Å². The Morgan fingerprint density at radius 2 is 1.77 bits per heavy atom. The molecular formula is C24H26BrN3O3. The van der Waals surface area contributed by atoms with Crippen LogP contribution < -0.4 is 16.6 Å². The van der Waals surface area contributed by atoms with Gasteiger partial charge in [0.1, 0.15) is 6.54 Å². The van der Waals surface area contributed by atoms with Gasteiger partial charge in [-0.05, 0) is 68.1 Å². The molecule has 4 rings (SSSR count). The summed E-state index contributed by atoms with van der Waals surface area (Å²) in [6, 6.07) is 10.8. The molecule has 3 aromatic rings. The monoisotopic (exact) mass is 483 g/mol. The average Bonchev–Trinajstić information content (AvgIpc) is 2.75. The van der Waals surface area contributed by atoms with Crippen LogP contribution in [0.4, 0.5) is 5.69 Å². The Bertz CT molecular complexity index is 1270. The molecule has 7 heteroatoms. The second-order valence-electron chi connectivity index (χ2n) is 8.34. The van der Waals surface area contributed by atoms with Crippen molar-refractivity contribution < 1.29 is 4.79 Å². The molecule has 0 radical (unpaired) electrons. The SMILES string of the molecule is Cc1ccc(NC(=O)Cn2c(=O)n(C3CCCCC3)c(=O)c3cc(Br)ccc32)cc1C. The molecule has 0 bridgehead atoms. The van der Waals surface area contributed by atoms with E-state index in [1.54, 1.807) is 18.2 Å². The zero-order valence-corrected chi connectivity index (χ0v) is 19.4. The number of aryl methyl sites for hydroxylation is 2. The first-order valence-corrected chi connectivity index (χ1v) is 11.5. The van der Waals surface area contributed by atoms with E-state index in [0.717, 1.165) is 47.7 Å². The van der Waals surface area contributed by atoms with E-state index in [-0.39, 0.29) is 24.1 Å². The summed E-state index contributed by atoms with van der Waals surface area (Å²) >= 11 is 3.42. The molecule has 1 amide bonds. The lowest BCUT2D eigenvalue weighted by Crippen LogP contribution is -2.44. The van der Waals surface area contributed by atoms with Crippen LogP contribution in [0.5, 0.6) is 0 Å². The summed E-state index contributed by atoms with van der Waals surface area (Å²) in [6.45, 7) is 3.84. The van der Waals surface area contributed by atoms with Crippen molar-refractivity contribution in [2.75, 3.05) is 5.32 Å².